The third kappa shape index (κ3) is 5.39. The van der Waals surface area contributed by atoms with E-state index in [2.05, 4.69) is 31.4 Å². The monoisotopic (exact) mass is 476 g/mol. The molecule has 3 aromatic rings. The molecule has 1 aromatic heterocycles. The lowest BCUT2D eigenvalue weighted by molar-refractivity contribution is 0.101. The maximum absolute atomic E-state index is 13.6. The molecular weight excluding hydrogens is 440 g/mol. The van der Waals surface area contributed by atoms with Gasteiger partial charge in [-0.1, -0.05) is 37.1 Å². The van der Waals surface area contributed by atoms with Gasteiger partial charge in [0.25, 0.3) is 5.56 Å². The summed E-state index contributed by atoms with van der Waals surface area (Å²) in [6, 6.07) is 16.6. The second kappa shape index (κ2) is 10.8. The number of thiol groups is 1. The smallest absolute Gasteiger partial charge is 0.258 e. The zero-order valence-corrected chi connectivity index (χ0v) is 21.2. The van der Waals surface area contributed by atoms with E-state index in [1.54, 1.807) is 6.07 Å². The number of piperidine rings is 1. The van der Waals surface area contributed by atoms with Crippen molar-refractivity contribution in [1.82, 2.24) is 9.47 Å². The number of hydrogen-bond donors (Lipinski definition) is 3. The quantitative estimate of drug-likeness (QED) is 0.170. The highest BCUT2D eigenvalue weighted by atomic mass is 32.1. The maximum Gasteiger partial charge on any atom is 0.258 e. The van der Waals surface area contributed by atoms with Crippen LogP contribution in [0, 0.1) is 5.41 Å². The first-order chi connectivity index (χ1) is 16.3. The minimum Gasteiger partial charge on any atom is -0.384 e. The third-order valence-corrected chi connectivity index (χ3v) is 7.52. The van der Waals surface area contributed by atoms with Crippen LogP contribution in [0.2, 0.25) is 0 Å². The van der Waals surface area contributed by atoms with Crippen LogP contribution in [0.5, 0.6) is 0 Å². The first-order valence-corrected chi connectivity index (χ1v) is 12.9. The van der Waals surface area contributed by atoms with Crippen LogP contribution >= 0.6 is 12.6 Å². The molecule has 6 heteroatoms. The van der Waals surface area contributed by atoms with Crippen LogP contribution in [0.3, 0.4) is 0 Å². The Morgan fingerprint density at radius 2 is 1.76 bits per heavy atom. The number of pyridine rings is 1. The van der Waals surface area contributed by atoms with Crippen molar-refractivity contribution in [3.63, 3.8) is 0 Å². The number of likely N-dealkylation sites (tertiary alicyclic amines) is 1. The number of benzene rings is 2. The van der Waals surface area contributed by atoms with Gasteiger partial charge in [-0.05, 0) is 81.3 Å². The van der Waals surface area contributed by atoms with Crippen molar-refractivity contribution in [3.05, 3.63) is 64.4 Å². The number of hydrogen-bond acceptors (Lipinski definition) is 4. The number of fused-ring (bicyclic) bond motifs is 1. The molecule has 2 heterocycles. The molecule has 3 N–H and O–H groups in total. The van der Waals surface area contributed by atoms with Crippen molar-refractivity contribution in [2.45, 2.75) is 75.9 Å². The third-order valence-electron chi connectivity index (χ3n) is 7.24. The highest BCUT2D eigenvalue weighted by Gasteiger charge is 2.23. The Kier molecular flexibility index (Phi) is 7.79. The molecule has 1 aliphatic heterocycles. The van der Waals surface area contributed by atoms with Crippen LogP contribution < -0.4 is 11.3 Å². The van der Waals surface area contributed by atoms with Crippen molar-refractivity contribution < 1.29 is 0 Å². The van der Waals surface area contributed by atoms with Crippen molar-refractivity contribution in [3.8, 4) is 11.1 Å². The fourth-order valence-electron chi connectivity index (χ4n) is 5.30. The standard InChI is InChI=1S/C28H36N4OS/c1-19-8-6-9-20(2)31(19)14-4-3-5-15-32-26-18-24(34)13-12-22(26)17-25(28(32)33)21-10-7-11-23(16-21)27(29)30/h7,10-13,16-20,34H,3-6,8-9,14-15H2,1-2H3,(H3,29,30). The summed E-state index contributed by atoms with van der Waals surface area (Å²) in [6.45, 7) is 6.51. The number of nitrogens with two attached hydrogens (primary N) is 1. The lowest BCUT2D eigenvalue weighted by atomic mass is 9.97. The molecule has 0 saturated carbocycles. The Morgan fingerprint density at radius 1 is 1.03 bits per heavy atom. The van der Waals surface area contributed by atoms with E-state index in [4.69, 9.17) is 11.1 Å². The van der Waals surface area contributed by atoms with Crippen molar-refractivity contribution in [2.24, 2.45) is 5.73 Å². The van der Waals surface area contributed by atoms with E-state index >= 15 is 0 Å². The largest absolute Gasteiger partial charge is 0.384 e. The van der Waals surface area contributed by atoms with E-state index in [0.29, 0.717) is 29.8 Å². The molecule has 2 aromatic carbocycles. The summed E-state index contributed by atoms with van der Waals surface area (Å²) in [5, 5.41) is 8.77. The Bertz CT molecular complexity index is 1220. The topological polar surface area (TPSA) is 75.1 Å². The van der Waals surface area contributed by atoms with E-state index in [1.807, 2.05) is 47.0 Å². The van der Waals surface area contributed by atoms with Gasteiger partial charge >= 0.3 is 0 Å². The number of unbranched alkanes of at least 4 members (excludes halogenated alkanes) is 2. The predicted octanol–water partition coefficient (Wildman–Crippen LogP) is 5.67. The molecule has 34 heavy (non-hydrogen) atoms. The normalized spacial score (nSPS) is 18.9. The average molecular weight is 477 g/mol. The van der Waals surface area contributed by atoms with Crippen LogP contribution in [0.4, 0.5) is 0 Å². The minimum atomic E-state index is -0.00888. The molecule has 2 unspecified atom stereocenters. The summed E-state index contributed by atoms with van der Waals surface area (Å²) in [7, 11) is 0. The van der Waals surface area contributed by atoms with Gasteiger partial charge < -0.3 is 10.3 Å². The van der Waals surface area contributed by atoms with Gasteiger partial charge in [-0.15, -0.1) is 12.6 Å². The molecule has 0 spiro atoms. The number of aromatic nitrogens is 1. The second-order valence-corrected chi connectivity index (χ2v) is 10.2. The van der Waals surface area contributed by atoms with Gasteiger partial charge in [0.1, 0.15) is 5.84 Å². The van der Waals surface area contributed by atoms with Crippen LogP contribution in [-0.4, -0.2) is 33.9 Å². The van der Waals surface area contributed by atoms with E-state index in [-0.39, 0.29) is 11.4 Å². The molecule has 0 bridgehead atoms. The van der Waals surface area contributed by atoms with E-state index in [9.17, 15) is 4.79 Å². The molecule has 4 rings (SSSR count). The molecule has 5 nitrogen and oxygen atoms in total. The minimum absolute atomic E-state index is 0.0000209. The fraction of sp³-hybridized carbons (Fsp3) is 0.429. The van der Waals surface area contributed by atoms with Crippen LogP contribution in [0.15, 0.2) is 58.2 Å². The molecule has 0 radical (unpaired) electrons. The zero-order valence-electron chi connectivity index (χ0n) is 20.3. The fourth-order valence-corrected chi connectivity index (χ4v) is 5.50. The van der Waals surface area contributed by atoms with Gasteiger partial charge in [-0.25, -0.2) is 0 Å². The molecule has 180 valence electrons. The molecular formula is C28H36N4OS. The number of nitrogen functional groups attached to an aromatic ring is 1. The Hall–Kier alpha value is -2.57. The van der Waals surface area contributed by atoms with Crippen LogP contribution in [0.25, 0.3) is 22.0 Å². The van der Waals surface area contributed by atoms with E-state index in [0.717, 1.165) is 47.2 Å². The van der Waals surface area contributed by atoms with Gasteiger partial charge in [0.15, 0.2) is 0 Å². The van der Waals surface area contributed by atoms with Gasteiger partial charge in [-0.3, -0.25) is 15.1 Å². The molecule has 1 aliphatic rings. The first kappa shape index (κ1) is 24.6. The zero-order chi connectivity index (χ0) is 24.2. The Balaban J connectivity index is 1.56. The summed E-state index contributed by atoms with van der Waals surface area (Å²) in [5.74, 6) is 0.0000209. The molecule has 0 amide bonds. The number of amidine groups is 1. The molecule has 1 fully saturated rings. The Morgan fingerprint density at radius 3 is 2.50 bits per heavy atom. The molecule has 2 atom stereocenters. The summed E-state index contributed by atoms with van der Waals surface area (Å²) in [6.07, 6.45) is 7.14. The maximum atomic E-state index is 13.6. The van der Waals surface area contributed by atoms with Crippen LogP contribution in [-0.2, 0) is 6.54 Å². The summed E-state index contributed by atoms with van der Waals surface area (Å²) >= 11 is 4.52. The van der Waals surface area contributed by atoms with Gasteiger partial charge in [0.05, 0.1) is 5.52 Å². The highest BCUT2D eigenvalue weighted by Crippen LogP contribution is 2.25. The van der Waals surface area contributed by atoms with Crippen molar-refractivity contribution in [2.75, 3.05) is 6.54 Å². The number of nitrogens with one attached hydrogen (secondary N) is 1. The van der Waals surface area contributed by atoms with Crippen molar-refractivity contribution in [1.29, 1.82) is 5.41 Å². The summed E-state index contributed by atoms with van der Waals surface area (Å²) in [5.41, 5.74) is 8.65. The second-order valence-electron chi connectivity index (χ2n) is 9.68. The molecule has 1 saturated heterocycles. The summed E-state index contributed by atoms with van der Waals surface area (Å²) < 4.78 is 1.90. The number of rotatable bonds is 8. The predicted molar refractivity (Wildman–Crippen MR) is 145 cm³/mol. The summed E-state index contributed by atoms with van der Waals surface area (Å²) in [4.78, 5) is 17.1. The van der Waals surface area contributed by atoms with Gasteiger partial charge in [-0.2, -0.15) is 0 Å². The molecule has 0 aliphatic carbocycles. The SMILES string of the molecule is CC1CCCC(C)N1CCCCCn1c(=O)c(-c2cccc(C(=N)N)c2)cc2ccc(S)cc21. The Labute approximate surface area is 207 Å². The van der Waals surface area contributed by atoms with E-state index in [1.165, 1.54) is 19.3 Å². The van der Waals surface area contributed by atoms with Crippen LogP contribution in [0.1, 0.15) is 57.9 Å². The highest BCUT2D eigenvalue weighted by molar-refractivity contribution is 7.80. The lowest BCUT2D eigenvalue weighted by Gasteiger charge is -2.39. The van der Waals surface area contributed by atoms with Crippen molar-refractivity contribution >= 4 is 29.4 Å². The number of aryl methyl sites for hydroxylation is 1. The number of nitrogens with zero attached hydrogens (tertiary/aromatic N) is 2. The van der Waals surface area contributed by atoms with E-state index < -0.39 is 0 Å². The van der Waals surface area contributed by atoms with Gasteiger partial charge in [0.2, 0.25) is 0 Å². The lowest BCUT2D eigenvalue weighted by Crippen LogP contribution is -2.44. The first-order valence-electron chi connectivity index (χ1n) is 12.4. The average Bonchev–Trinajstić information content (AvgIpc) is 2.81. The van der Waals surface area contributed by atoms with Gasteiger partial charge in [0, 0.05) is 34.7 Å².